The van der Waals surface area contributed by atoms with Gasteiger partial charge in [-0.1, -0.05) is 39.8 Å². The highest BCUT2D eigenvalue weighted by Gasteiger charge is 2.47. The number of aryl methyl sites for hydroxylation is 2. The Balaban J connectivity index is 1.61. The molecule has 180 valence electrons. The summed E-state index contributed by atoms with van der Waals surface area (Å²) in [5, 5.41) is 3.06. The maximum Gasteiger partial charge on any atom is 0.238 e. The summed E-state index contributed by atoms with van der Waals surface area (Å²) in [5.41, 5.74) is 3.04. The number of rotatable bonds is 6. The minimum Gasteiger partial charge on any atom is -0.325 e. The van der Waals surface area contributed by atoms with Crippen molar-refractivity contribution in [2.75, 3.05) is 43.8 Å². The number of hydrogen-bond acceptors (Lipinski definition) is 4. The smallest absolute Gasteiger partial charge is 0.238 e. The molecule has 32 heavy (non-hydrogen) atoms. The van der Waals surface area contributed by atoms with Crippen molar-refractivity contribution in [2.24, 2.45) is 16.7 Å². The van der Waals surface area contributed by atoms with Gasteiger partial charge in [0.1, 0.15) is 0 Å². The molecule has 1 spiro atoms. The van der Waals surface area contributed by atoms with Crippen molar-refractivity contribution in [3.8, 4) is 0 Å². The molecule has 1 N–H and O–H groups in total. The third kappa shape index (κ3) is 6.33. The number of amides is 1. The predicted octanol–water partition coefficient (Wildman–Crippen LogP) is 4.04. The van der Waals surface area contributed by atoms with E-state index in [-0.39, 0.29) is 28.4 Å². The number of piperidine rings is 2. The Bertz CT molecular complexity index is 932. The molecule has 0 unspecified atom stereocenters. The van der Waals surface area contributed by atoms with Gasteiger partial charge < -0.3 is 5.32 Å². The SMILES string of the molecule is Cc1ccc(C)c(NC(=O)CN2CCC3(CC2)CN(S(=O)(=O)CC(C)C)CC(C)(C)C3)c1. The molecule has 1 aromatic carbocycles. The van der Waals surface area contributed by atoms with Crippen molar-refractivity contribution < 1.29 is 13.2 Å². The van der Waals surface area contributed by atoms with E-state index in [9.17, 15) is 13.2 Å². The number of carbonyl (C=O) groups excluding carboxylic acids is 1. The number of anilines is 1. The minimum absolute atomic E-state index is 0.00586. The van der Waals surface area contributed by atoms with Gasteiger partial charge in [-0.05, 0) is 80.1 Å². The number of carbonyl (C=O) groups is 1. The Labute approximate surface area is 194 Å². The van der Waals surface area contributed by atoms with Crippen molar-refractivity contribution in [3.63, 3.8) is 0 Å². The zero-order valence-corrected chi connectivity index (χ0v) is 21.5. The van der Waals surface area contributed by atoms with E-state index in [0.29, 0.717) is 19.6 Å². The van der Waals surface area contributed by atoms with Gasteiger partial charge in [0.05, 0.1) is 12.3 Å². The number of nitrogens with one attached hydrogen (secondary N) is 1. The number of sulfonamides is 1. The lowest BCUT2D eigenvalue weighted by Gasteiger charge is -2.52. The lowest BCUT2D eigenvalue weighted by atomic mass is 9.65. The van der Waals surface area contributed by atoms with E-state index in [0.717, 1.165) is 49.2 Å². The van der Waals surface area contributed by atoms with E-state index in [2.05, 4.69) is 24.1 Å². The molecule has 1 amide bonds. The molecule has 3 rings (SSSR count). The fourth-order valence-corrected chi connectivity index (χ4v) is 7.61. The Morgan fingerprint density at radius 2 is 1.78 bits per heavy atom. The third-order valence-corrected chi connectivity index (χ3v) is 8.99. The van der Waals surface area contributed by atoms with Crippen molar-refractivity contribution in [1.29, 1.82) is 0 Å². The number of hydrogen-bond donors (Lipinski definition) is 1. The van der Waals surface area contributed by atoms with Crippen LogP contribution in [0.25, 0.3) is 0 Å². The highest BCUT2D eigenvalue weighted by Crippen LogP contribution is 2.47. The van der Waals surface area contributed by atoms with Crippen LogP contribution >= 0.6 is 0 Å². The van der Waals surface area contributed by atoms with Crippen molar-refractivity contribution in [3.05, 3.63) is 29.3 Å². The second-order valence-electron chi connectivity index (χ2n) is 11.4. The average molecular weight is 464 g/mol. The first-order valence-corrected chi connectivity index (χ1v) is 13.5. The molecule has 0 aromatic heterocycles. The topological polar surface area (TPSA) is 69.7 Å². The molecule has 6 nitrogen and oxygen atoms in total. The van der Waals surface area contributed by atoms with Gasteiger partial charge in [0.2, 0.25) is 15.9 Å². The van der Waals surface area contributed by atoms with Crippen LogP contribution in [0.15, 0.2) is 18.2 Å². The first-order valence-electron chi connectivity index (χ1n) is 11.9. The third-order valence-electron chi connectivity index (χ3n) is 6.86. The summed E-state index contributed by atoms with van der Waals surface area (Å²) in [6.07, 6.45) is 2.90. The van der Waals surface area contributed by atoms with Gasteiger partial charge in [-0.15, -0.1) is 0 Å². The van der Waals surface area contributed by atoms with Crippen LogP contribution in [0.3, 0.4) is 0 Å². The lowest BCUT2D eigenvalue weighted by Crippen LogP contribution is -2.56. The highest BCUT2D eigenvalue weighted by molar-refractivity contribution is 7.89. The Morgan fingerprint density at radius 1 is 1.12 bits per heavy atom. The van der Waals surface area contributed by atoms with E-state index >= 15 is 0 Å². The largest absolute Gasteiger partial charge is 0.325 e. The summed E-state index contributed by atoms with van der Waals surface area (Å²) in [6, 6.07) is 6.08. The standard InChI is InChI=1S/C25H41N3O3S/c1-19(2)15-32(30,31)28-17-24(5,6)16-25(18-28)9-11-27(12-10-25)14-23(29)26-22-13-20(3)7-8-21(22)4/h7-8,13,19H,9-12,14-18H2,1-6H3,(H,26,29). The van der Waals surface area contributed by atoms with Crippen molar-refractivity contribution in [1.82, 2.24) is 9.21 Å². The number of benzene rings is 1. The summed E-state index contributed by atoms with van der Waals surface area (Å²) in [6.45, 7) is 15.6. The molecular formula is C25H41N3O3S. The predicted molar refractivity (Wildman–Crippen MR) is 131 cm³/mol. The second-order valence-corrected chi connectivity index (χ2v) is 13.4. The van der Waals surface area contributed by atoms with E-state index in [1.54, 1.807) is 4.31 Å². The highest BCUT2D eigenvalue weighted by atomic mass is 32.2. The molecule has 0 saturated carbocycles. The molecule has 2 fully saturated rings. The maximum atomic E-state index is 13.0. The Morgan fingerprint density at radius 3 is 2.41 bits per heavy atom. The molecule has 0 atom stereocenters. The molecule has 2 aliphatic rings. The van der Waals surface area contributed by atoms with Crippen LogP contribution in [-0.2, 0) is 14.8 Å². The normalized spacial score (nSPS) is 21.7. The second kappa shape index (κ2) is 9.43. The van der Waals surface area contributed by atoms with Crippen LogP contribution in [0.1, 0.15) is 58.1 Å². The zero-order valence-electron chi connectivity index (χ0n) is 20.7. The van der Waals surface area contributed by atoms with Gasteiger partial charge in [-0.2, -0.15) is 0 Å². The molecule has 2 heterocycles. The molecule has 7 heteroatoms. The van der Waals surface area contributed by atoms with Crippen LogP contribution in [0, 0.1) is 30.6 Å². The Kier molecular flexibility index (Phi) is 7.42. The molecule has 2 aliphatic heterocycles. The maximum absolute atomic E-state index is 13.0. The van der Waals surface area contributed by atoms with Gasteiger partial charge >= 0.3 is 0 Å². The van der Waals surface area contributed by atoms with Gasteiger partial charge in [-0.25, -0.2) is 12.7 Å². The number of nitrogens with zero attached hydrogens (tertiary/aromatic N) is 2. The summed E-state index contributed by atoms with van der Waals surface area (Å²) < 4.78 is 27.8. The quantitative estimate of drug-likeness (QED) is 0.691. The average Bonchev–Trinajstić information content (AvgIpc) is 2.64. The molecule has 2 saturated heterocycles. The minimum atomic E-state index is -3.25. The molecular weight excluding hydrogens is 422 g/mol. The summed E-state index contributed by atoms with van der Waals surface area (Å²) in [4.78, 5) is 14.9. The number of likely N-dealkylation sites (tertiary alicyclic amines) is 1. The van der Waals surface area contributed by atoms with Crippen LogP contribution in [-0.4, -0.2) is 62.0 Å². The van der Waals surface area contributed by atoms with Crippen molar-refractivity contribution >= 4 is 21.6 Å². The molecule has 0 bridgehead atoms. The molecule has 1 aromatic rings. The van der Waals surface area contributed by atoms with Crippen LogP contribution in [0.2, 0.25) is 0 Å². The van der Waals surface area contributed by atoms with E-state index in [1.165, 1.54) is 0 Å². The summed E-state index contributed by atoms with van der Waals surface area (Å²) in [5.74, 6) is 0.349. The van der Waals surface area contributed by atoms with Gasteiger partial charge in [-0.3, -0.25) is 9.69 Å². The first kappa shape index (κ1) is 25.2. The van der Waals surface area contributed by atoms with Crippen molar-refractivity contribution in [2.45, 2.75) is 60.8 Å². The zero-order chi connectivity index (χ0) is 23.7. The van der Waals surface area contributed by atoms with E-state index < -0.39 is 10.0 Å². The molecule has 0 aliphatic carbocycles. The molecule has 0 radical (unpaired) electrons. The van der Waals surface area contributed by atoms with E-state index in [4.69, 9.17) is 0 Å². The van der Waals surface area contributed by atoms with E-state index in [1.807, 2.05) is 45.9 Å². The van der Waals surface area contributed by atoms with Crippen LogP contribution in [0.4, 0.5) is 5.69 Å². The fraction of sp³-hybridized carbons (Fsp3) is 0.720. The van der Waals surface area contributed by atoms with Gasteiger partial charge in [0.15, 0.2) is 0 Å². The van der Waals surface area contributed by atoms with Crippen LogP contribution in [0.5, 0.6) is 0 Å². The Hall–Kier alpha value is -1.44. The monoisotopic (exact) mass is 463 g/mol. The summed E-state index contributed by atoms with van der Waals surface area (Å²) >= 11 is 0. The van der Waals surface area contributed by atoms with Gasteiger partial charge in [0.25, 0.3) is 0 Å². The van der Waals surface area contributed by atoms with Crippen LogP contribution < -0.4 is 5.32 Å². The van der Waals surface area contributed by atoms with Gasteiger partial charge in [0, 0.05) is 18.8 Å². The first-order chi connectivity index (χ1) is 14.8. The summed E-state index contributed by atoms with van der Waals surface area (Å²) in [7, 11) is -3.25. The lowest BCUT2D eigenvalue weighted by molar-refractivity contribution is -0.118. The fourth-order valence-electron chi connectivity index (χ4n) is 5.54.